The van der Waals surface area contributed by atoms with Crippen LogP contribution in [-0.4, -0.2) is 29.6 Å². The molecule has 14 heavy (non-hydrogen) atoms. The van der Waals surface area contributed by atoms with Gasteiger partial charge >= 0.3 is 0 Å². The van der Waals surface area contributed by atoms with E-state index in [1.807, 2.05) is 6.92 Å². The fourth-order valence-electron chi connectivity index (χ4n) is 2.83. The van der Waals surface area contributed by atoms with Gasteiger partial charge in [-0.1, -0.05) is 13.3 Å². The van der Waals surface area contributed by atoms with Crippen molar-refractivity contribution >= 4 is 9.84 Å². The van der Waals surface area contributed by atoms with Crippen molar-refractivity contribution in [1.82, 2.24) is 0 Å². The SMILES string of the molecule is CCC1(O)CC2CCCC(C1)S2(=O)=O. The third-order valence-corrected chi connectivity index (χ3v) is 6.52. The quantitative estimate of drug-likeness (QED) is 0.721. The zero-order valence-electron chi connectivity index (χ0n) is 8.57. The average molecular weight is 218 g/mol. The number of aliphatic hydroxyl groups is 1. The summed E-state index contributed by atoms with van der Waals surface area (Å²) in [5, 5.41) is 9.63. The zero-order valence-corrected chi connectivity index (χ0v) is 9.39. The van der Waals surface area contributed by atoms with E-state index in [4.69, 9.17) is 0 Å². The summed E-state index contributed by atoms with van der Waals surface area (Å²) in [5.41, 5.74) is -0.707. The van der Waals surface area contributed by atoms with Crippen molar-refractivity contribution in [3.8, 4) is 0 Å². The average Bonchev–Trinajstić information content (AvgIpc) is 2.08. The molecule has 0 amide bonds. The Morgan fingerprint density at radius 2 is 1.79 bits per heavy atom. The van der Waals surface area contributed by atoms with Crippen LogP contribution in [0.5, 0.6) is 0 Å². The number of sulfone groups is 1. The molecule has 2 unspecified atom stereocenters. The lowest BCUT2D eigenvalue weighted by Gasteiger charge is -2.43. The van der Waals surface area contributed by atoms with Gasteiger partial charge < -0.3 is 5.11 Å². The fraction of sp³-hybridized carbons (Fsp3) is 1.00. The molecule has 2 saturated heterocycles. The Hall–Kier alpha value is -0.0900. The van der Waals surface area contributed by atoms with E-state index >= 15 is 0 Å². The molecule has 2 rings (SSSR count). The molecule has 2 heterocycles. The van der Waals surface area contributed by atoms with Gasteiger partial charge in [0, 0.05) is 0 Å². The maximum atomic E-state index is 11.9. The lowest BCUT2D eigenvalue weighted by Crippen LogP contribution is -2.51. The van der Waals surface area contributed by atoms with Crippen LogP contribution in [0.25, 0.3) is 0 Å². The Kier molecular flexibility index (Phi) is 2.39. The van der Waals surface area contributed by atoms with E-state index in [0.29, 0.717) is 19.3 Å². The maximum Gasteiger partial charge on any atom is 0.156 e. The van der Waals surface area contributed by atoms with Crippen molar-refractivity contribution in [3.05, 3.63) is 0 Å². The molecule has 2 bridgehead atoms. The Morgan fingerprint density at radius 1 is 1.29 bits per heavy atom. The minimum Gasteiger partial charge on any atom is -0.390 e. The normalized spacial score (nSPS) is 46.1. The molecule has 0 aliphatic carbocycles. The summed E-state index contributed by atoms with van der Waals surface area (Å²) in [5.74, 6) is 0. The highest BCUT2D eigenvalue weighted by Crippen LogP contribution is 2.42. The molecule has 4 heteroatoms. The summed E-state index contributed by atoms with van der Waals surface area (Å²) in [6, 6.07) is 0. The number of hydrogen-bond donors (Lipinski definition) is 1. The van der Waals surface area contributed by atoms with Crippen LogP contribution in [0, 0.1) is 0 Å². The Morgan fingerprint density at radius 3 is 2.21 bits per heavy atom. The monoisotopic (exact) mass is 218 g/mol. The second kappa shape index (κ2) is 3.20. The summed E-state index contributed by atoms with van der Waals surface area (Å²) in [4.78, 5) is 0. The molecular weight excluding hydrogens is 200 g/mol. The van der Waals surface area contributed by atoms with Gasteiger partial charge in [-0.3, -0.25) is 0 Å². The van der Waals surface area contributed by atoms with Gasteiger partial charge in [0.25, 0.3) is 0 Å². The molecule has 0 spiro atoms. The van der Waals surface area contributed by atoms with Gasteiger partial charge in [-0.2, -0.15) is 0 Å². The number of hydrogen-bond acceptors (Lipinski definition) is 3. The first-order valence-electron chi connectivity index (χ1n) is 5.43. The lowest BCUT2D eigenvalue weighted by molar-refractivity contribution is 0.00607. The van der Waals surface area contributed by atoms with Crippen molar-refractivity contribution in [3.63, 3.8) is 0 Å². The number of fused-ring (bicyclic) bond motifs is 2. The molecule has 0 aromatic carbocycles. The van der Waals surface area contributed by atoms with Crippen molar-refractivity contribution < 1.29 is 13.5 Å². The van der Waals surface area contributed by atoms with Crippen LogP contribution < -0.4 is 0 Å². The van der Waals surface area contributed by atoms with Crippen LogP contribution in [0.15, 0.2) is 0 Å². The van der Waals surface area contributed by atoms with Gasteiger partial charge in [-0.25, -0.2) is 8.42 Å². The zero-order chi connectivity index (χ0) is 10.4. The predicted octanol–water partition coefficient (Wildman–Crippen LogP) is 1.26. The summed E-state index contributed by atoms with van der Waals surface area (Å²) < 4.78 is 23.8. The summed E-state index contributed by atoms with van der Waals surface area (Å²) in [6.45, 7) is 1.94. The first kappa shape index (κ1) is 10.4. The van der Waals surface area contributed by atoms with Crippen LogP contribution in [0.3, 0.4) is 0 Å². The topological polar surface area (TPSA) is 54.4 Å². The van der Waals surface area contributed by atoms with Crippen LogP contribution in [0.1, 0.15) is 45.4 Å². The highest BCUT2D eigenvalue weighted by atomic mass is 32.2. The molecule has 0 aromatic heterocycles. The molecule has 82 valence electrons. The van der Waals surface area contributed by atoms with Crippen molar-refractivity contribution in [2.24, 2.45) is 0 Å². The van der Waals surface area contributed by atoms with Crippen LogP contribution in [-0.2, 0) is 9.84 Å². The van der Waals surface area contributed by atoms with E-state index in [1.165, 1.54) is 0 Å². The molecule has 0 radical (unpaired) electrons. The van der Waals surface area contributed by atoms with Crippen molar-refractivity contribution in [2.45, 2.75) is 61.5 Å². The Balaban J connectivity index is 2.29. The van der Waals surface area contributed by atoms with E-state index < -0.39 is 15.4 Å². The third-order valence-electron chi connectivity index (χ3n) is 3.85. The van der Waals surface area contributed by atoms with E-state index in [0.717, 1.165) is 19.3 Å². The first-order valence-corrected chi connectivity index (χ1v) is 7.04. The molecule has 0 saturated carbocycles. The number of rotatable bonds is 1. The Labute approximate surface area is 85.4 Å². The van der Waals surface area contributed by atoms with Crippen LogP contribution >= 0.6 is 0 Å². The highest BCUT2D eigenvalue weighted by Gasteiger charge is 2.49. The lowest BCUT2D eigenvalue weighted by atomic mass is 9.84. The molecule has 0 aromatic rings. The van der Waals surface area contributed by atoms with Crippen LogP contribution in [0.2, 0.25) is 0 Å². The van der Waals surface area contributed by atoms with Crippen LogP contribution in [0.4, 0.5) is 0 Å². The van der Waals surface area contributed by atoms with Crippen molar-refractivity contribution in [1.29, 1.82) is 0 Å². The second-order valence-electron chi connectivity index (χ2n) is 4.75. The summed E-state index contributed by atoms with van der Waals surface area (Å²) >= 11 is 0. The molecule has 2 atom stereocenters. The van der Waals surface area contributed by atoms with Gasteiger partial charge in [-0.15, -0.1) is 0 Å². The van der Waals surface area contributed by atoms with Gasteiger partial charge in [0.15, 0.2) is 9.84 Å². The first-order chi connectivity index (χ1) is 6.48. The highest BCUT2D eigenvalue weighted by molar-refractivity contribution is 7.92. The van der Waals surface area contributed by atoms with Gasteiger partial charge in [0.2, 0.25) is 0 Å². The molecule has 3 nitrogen and oxygen atoms in total. The standard InChI is InChI=1S/C10H18O3S/c1-2-10(11)6-8-4-3-5-9(7-10)14(8,12)13/h8-9,11H,2-7H2,1H3. The molecule has 2 aliphatic heterocycles. The second-order valence-corrected chi connectivity index (χ2v) is 7.26. The van der Waals surface area contributed by atoms with E-state index in [9.17, 15) is 13.5 Å². The Bertz CT molecular complexity index is 300. The van der Waals surface area contributed by atoms with Gasteiger partial charge in [-0.05, 0) is 32.1 Å². The van der Waals surface area contributed by atoms with E-state index in [-0.39, 0.29) is 10.5 Å². The van der Waals surface area contributed by atoms with E-state index in [1.54, 1.807) is 0 Å². The molecule has 1 N–H and O–H groups in total. The largest absolute Gasteiger partial charge is 0.390 e. The summed E-state index contributed by atoms with van der Waals surface area (Å²) in [6.07, 6.45) is 4.11. The molecule has 2 fully saturated rings. The van der Waals surface area contributed by atoms with Gasteiger partial charge in [0.1, 0.15) is 0 Å². The van der Waals surface area contributed by atoms with Gasteiger partial charge in [0.05, 0.1) is 16.1 Å². The smallest absolute Gasteiger partial charge is 0.156 e. The molecule has 2 aliphatic rings. The minimum absolute atomic E-state index is 0.264. The van der Waals surface area contributed by atoms with Crippen molar-refractivity contribution in [2.75, 3.05) is 0 Å². The molecular formula is C10H18O3S. The predicted molar refractivity (Wildman–Crippen MR) is 54.8 cm³/mol. The maximum absolute atomic E-state index is 11.9. The van der Waals surface area contributed by atoms with E-state index in [2.05, 4.69) is 0 Å². The fourth-order valence-corrected chi connectivity index (χ4v) is 5.45. The summed E-state index contributed by atoms with van der Waals surface area (Å²) in [7, 11) is -2.91. The minimum atomic E-state index is -2.91. The third kappa shape index (κ3) is 1.48.